The Balaban J connectivity index is 1.57. The van der Waals surface area contributed by atoms with Crippen LogP contribution in [0, 0.1) is 3.57 Å². The number of carbonyl (C=O) groups excluding carboxylic acids is 1. The van der Waals surface area contributed by atoms with Gasteiger partial charge in [-0.25, -0.2) is 0 Å². The molecule has 0 radical (unpaired) electrons. The van der Waals surface area contributed by atoms with E-state index in [9.17, 15) is 4.79 Å². The summed E-state index contributed by atoms with van der Waals surface area (Å²) in [5.74, 6) is 1.12. The molecular weight excluding hydrogens is 447 g/mol. The molecule has 1 amide bonds. The molecule has 0 saturated carbocycles. The predicted molar refractivity (Wildman–Crippen MR) is 109 cm³/mol. The fourth-order valence-electron chi connectivity index (χ4n) is 2.30. The summed E-state index contributed by atoms with van der Waals surface area (Å²) in [6, 6.07) is 17.9. The van der Waals surface area contributed by atoms with E-state index >= 15 is 0 Å². The maximum Gasteiger partial charge on any atom is 0.234 e. The highest BCUT2D eigenvalue weighted by Crippen LogP contribution is 2.18. The smallest absolute Gasteiger partial charge is 0.234 e. The third-order valence-corrected chi connectivity index (χ3v) is 5.26. The van der Waals surface area contributed by atoms with Gasteiger partial charge in [0.1, 0.15) is 5.82 Å². The Hall–Kier alpha value is -1.87. The lowest BCUT2D eigenvalue weighted by Gasteiger charge is -2.06. The molecule has 25 heavy (non-hydrogen) atoms. The second-order valence-corrected chi connectivity index (χ2v) is 7.66. The number of aromatic nitrogens is 3. The van der Waals surface area contributed by atoms with Crippen LogP contribution in [0.15, 0.2) is 59.8 Å². The van der Waals surface area contributed by atoms with Gasteiger partial charge in [-0.2, -0.15) is 0 Å². The highest BCUT2D eigenvalue weighted by atomic mass is 127. The molecule has 5 nitrogen and oxygen atoms in total. The minimum absolute atomic E-state index is 0.0559. The van der Waals surface area contributed by atoms with Crippen molar-refractivity contribution in [2.75, 3.05) is 11.1 Å². The Morgan fingerprint density at radius 3 is 2.72 bits per heavy atom. The number of benzene rings is 2. The van der Waals surface area contributed by atoms with Crippen molar-refractivity contribution < 1.29 is 4.79 Å². The average molecular weight is 464 g/mol. The number of anilines is 1. The van der Waals surface area contributed by atoms with Crippen molar-refractivity contribution in [3.05, 3.63) is 69.6 Å². The summed E-state index contributed by atoms with van der Waals surface area (Å²) >= 11 is 3.61. The van der Waals surface area contributed by atoms with Gasteiger partial charge in [0.15, 0.2) is 5.16 Å². The van der Waals surface area contributed by atoms with E-state index in [0.29, 0.717) is 5.75 Å². The van der Waals surface area contributed by atoms with Crippen molar-refractivity contribution in [1.29, 1.82) is 0 Å². The second-order valence-electron chi connectivity index (χ2n) is 5.47. The molecule has 1 aromatic heterocycles. The molecule has 1 N–H and O–H groups in total. The van der Waals surface area contributed by atoms with E-state index in [1.165, 1.54) is 17.3 Å². The number of hydrogen-bond donors (Lipinski definition) is 1. The van der Waals surface area contributed by atoms with Crippen LogP contribution in [-0.4, -0.2) is 26.4 Å². The normalized spacial score (nSPS) is 10.6. The van der Waals surface area contributed by atoms with Gasteiger partial charge in [0.2, 0.25) is 5.91 Å². The maximum atomic E-state index is 12.1. The molecule has 3 rings (SSSR count). The molecule has 3 aromatic rings. The molecule has 0 bridgehead atoms. The van der Waals surface area contributed by atoms with Gasteiger partial charge in [0.25, 0.3) is 0 Å². The van der Waals surface area contributed by atoms with Gasteiger partial charge in [-0.15, -0.1) is 10.2 Å². The summed E-state index contributed by atoms with van der Waals surface area (Å²) in [5, 5.41) is 12.1. The van der Waals surface area contributed by atoms with Gasteiger partial charge in [-0.05, 0) is 46.4 Å². The van der Waals surface area contributed by atoms with Crippen molar-refractivity contribution in [3.8, 4) is 0 Å². The highest BCUT2D eigenvalue weighted by molar-refractivity contribution is 14.1. The van der Waals surface area contributed by atoms with Crippen LogP contribution < -0.4 is 5.32 Å². The lowest BCUT2D eigenvalue weighted by Crippen LogP contribution is -2.14. The zero-order valence-corrected chi connectivity index (χ0v) is 16.6. The molecule has 2 aromatic carbocycles. The van der Waals surface area contributed by atoms with E-state index < -0.39 is 0 Å². The number of amides is 1. The SMILES string of the molecule is Cn1c(Cc2ccccc2)nnc1SCC(=O)Nc1cccc(I)c1. The fraction of sp³-hybridized carbons (Fsp3) is 0.167. The molecule has 0 unspecified atom stereocenters. The van der Waals surface area contributed by atoms with E-state index in [1.807, 2.05) is 54.1 Å². The van der Waals surface area contributed by atoms with Crippen LogP contribution >= 0.6 is 34.4 Å². The zero-order valence-electron chi connectivity index (χ0n) is 13.6. The summed E-state index contributed by atoms with van der Waals surface area (Å²) < 4.78 is 3.03. The Kier molecular flexibility index (Phi) is 6.09. The van der Waals surface area contributed by atoms with Gasteiger partial charge < -0.3 is 9.88 Å². The van der Waals surface area contributed by atoms with Crippen molar-refractivity contribution in [2.45, 2.75) is 11.6 Å². The third kappa shape index (κ3) is 5.05. The lowest BCUT2D eigenvalue weighted by atomic mass is 10.1. The van der Waals surface area contributed by atoms with Crippen molar-refractivity contribution in [1.82, 2.24) is 14.8 Å². The summed E-state index contributed by atoms with van der Waals surface area (Å²) in [6.07, 6.45) is 0.722. The minimum atomic E-state index is -0.0559. The molecule has 7 heteroatoms. The summed E-state index contributed by atoms with van der Waals surface area (Å²) in [7, 11) is 1.93. The van der Waals surface area contributed by atoms with Crippen LogP contribution in [0.4, 0.5) is 5.69 Å². The molecule has 0 aliphatic carbocycles. The number of thioether (sulfide) groups is 1. The number of rotatable bonds is 6. The number of carbonyl (C=O) groups is 1. The molecule has 0 atom stereocenters. The Bertz CT molecular complexity index is 867. The monoisotopic (exact) mass is 464 g/mol. The first-order valence-electron chi connectivity index (χ1n) is 7.72. The average Bonchev–Trinajstić information content (AvgIpc) is 2.94. The van der Waals surface area contributed by atoms with Crippen molar-refractivity contribution in [3.63, 3.8) is 0 Å². The summed E-state index contributed by atoms with van der Waals surface area (Å²) in [4.78, 5) is 12.1. The van der Waals surface area contributed by atoms with Crippen molar-refractivity contribution >= 4 is 45.9 Å². The number of hydrogen-bond acceptors (Lipinski definition) is 4. The van der Waals surface area contributed by atoms with Gasteiger partial charge >= 0.3 is 0 Å². The standard InChI is InChI=1S/C18H17IN4OS/c1-23-16(10-13-6-3-2-4-7-13)21-22-18(23)25-12-17(24)20-15-9-5-8-14(19)11-15/h2-9,11H,10,12H2,1H3,(H,20,24). The van der Waals surface area contributed by atoms with Gasteiger partial charge in [0.05, 0.1) is 5.75 Å². The maximum absolute atomic E-state index is 12.1. The second kappa shape index (κ2) is 8.48. The molecule has 0 aliphatic heterocycles. The molecule has 1 heterocycles. The molecule has 0 spiro atoms. The van der Waals surface area contributed by atoms with Gasteiger partial charge in [-0.1, -0.05) is 48.2 Å². The van der Waals surface area contributed by atoms with Gasteiger partial charge in [-0.3, -0.25) is 4.79 Å². The Morgan fingerprint density at radius 1 is 1.16 bits per heavy atom. The lowest BCUT2D eigenvalue weighted by molar-refractivity contribution is -0.113. The van der Waals surface area contributed by atoms with Crippen molar-refractivity contribution in [2.24, 2.45) is 7.05 Å². The largest absolute Gasteiger partial charge is 0.325 e. The Labute approximate surface area is 164 Å². The first-order valence-corrected chi connectivity index (χ1v) is 9.78. The van der Waals surface area contributed by atoms with Crippen LogP contribution in [0.25, 0.3) is 0 Å². The van der Waals surface area contributed by atoms with E-state index in [2.05, 4.69) is 50.2 Å². The van der Waals surface area contributed by atoms with Gasteiger partial charge in [0, 0.05) is 22.7 Å². The summed E-state index contributed by atoms with van der Waals surface area (Å²) in [6.45, 7) is 0. The van der Waals surface area contributed by atoms with E-state index in [4.69, 9.17) is 0 Å². The first-order chi connectivity index (χ1) is 12.1. The first kappa shape index (κ1) is 17.9. The molecule has 128 valence electrons. The van der Waals surface area contributed by atoms with E-state index in [1.54, 1.807) is 0 Å². The summed E-state index contributed by atoms with van der Waals surface area (Å²) in [5.41, 5.74) is 1.99. The van der Waals surface area contributed by atoms with Crippen LogP contribution in [0.5, 0.6) is 0 Å². The number of halogens is 1. The number of nitrogens with one attached hydrogen (secondary N) is 1. The van der Waals surface area contributed by atoms with Crippen LogP contribution in [-0.2, 0) is 18.3 Å². The van der Waals surface area contributed by atoms with Crippen LogP contribution in [0.3, 0.4) is 0 Å². The highest BCUT2D eigenvalue weighted by Gasteiger charge is 2.12. The van der Waals surface area contributed by atoms with Crippen LogP contribution in [0.2, 0.25) is 0 Å². The quantitative estimate of drug-likeness (QED) is 0.446. The molecule has 0 fully saturated rings. The minimum Gasteiger partial charge on any atom is -0.325 e. The molecule has 0 aliphatic rings. The van der Waals surface area contributed by atoms with E-state index in [0.717, 1.165) is 26.7 Å². The molecule has 0 saturated heterocycles. The zero-order chi connectivity index (χ0) is 17.6. The fourth-order valence-corrected chi connectivity index (χ4v) is 3.57. The topological polar surface area (TPSA) is 59.8 Å². The van der Waals surface area contributed by atoms with Crippen LogP contribution in [0.1, 0.15) is 11.4 Å². The third-order valence-electron chi connectivity index (χ3n) is 3.57. The van der Waals surface area contributed by atoms with E-state index in [-0.39, 0.29) is 5.91 Å². The Morgan fingerprint density at radius 2 is 1.96 bits per heavy atom. The molecular formula is C18H17IN4OS. The predicted octanol–water partition coefficient (Wildman–Crippen LogP) is 3.74. The number of nitrogens with zero attached hydrogens (tertiary/aromatic N) is 3.